The summed E-state index contributed by atoms with van der Waals surface area (Å²) in [7, 11) is 1.64. The van der Waals surface area contributed by atoms with Gasteiger partial charge in [0.2, 0.25) is 5.88 Å². The first kappa shape index (κ1) is 13.5. The molecule has 3 N–H and O–H groups in total. The third kappa shape index (κ3) is 3.37. The normalized spacial score (nSPS) is 13.8. The molecule has 1 heterocycles. The Hall–Kier alpha value is -2.43. The van der Waals surface area contributed by atoms with Crippen molar-refractivity contribution in [1.29, 1.82) is 0 Å². The lowest BCUT2D eigenvalue weighted by Crippen LogP contribution is -2.05. The molecule has 1 aliphatic carbocycles. The number of hydrogen-bond donors (Lipinski definition) is 2. The number of benzene rings is 1. The second kappa shape index (κ2) is 5.91. The largest absolute Gasteiger partial charge is 0.495 e. The molecule has 21 heavy (non-hydrogen) atoms. The van der Waals surface area contributed by atoms with Crippen LogP contribution in [0, 0.1) is 5.92 Å². The standard InChI is InChI=1S/C16H19N3O2/c1-20-14-5-3-2-4-13(14)18-15-9-8-12(17)16(19-15)21-10-11-6-7-11/h2-5,8-9,11H,6-7,10,17H2,1H3,(H,18,19). The predicted molar refractivity (Wildman–Crippen MR) is 83.1 cm³/mol. The van der Waals surface area contributed by atoms with Crippen molar-refractivity contribution in [3.05, 3.63) is 36.4 Å². The Morgan fingerprint density at radius 3 is 2.81 bits per heavy atom. The number of nitrogens with two attached hydrogens (primary N) is 1. The van der Waals surface area contributed by atoms with Crippen molar-refractivity contribution in [1.82, 2.24) is 4.98 Å². The van der Waals surface area contributed by atoms with E-state index in [2.05, 4.69) is 10.3 Å². The van der Waals surface area contributed by atoms with Crippen LogP contribution >= 0.6 is 0 Å². The van der Waals surface area contributed by atoms with Gasteiger partial charge in [-0.25, -0.2) is 0 Å². The van der Waals surface area contributed by atoms with Crippen LogP contribution < -0.4 is 20.5 Å². The maximum absolute atomic E-state index is 5.91. The number of nitrogens with zero attached hydrogens (tertiary/aromatic N) is 1. The van der Waals surface area contributed by atoms with E-state index in [1.165, 1.54) is 12.8 Å². The van der Waals surface area contributed by atoms with Gasteiger partial charge in [-0.15, -0.1) is 0 Å². The minimum Gasteiger partial charge on any atom is -0.495 e. The maximum Gasteiger partial charge on any atom is 0.239 e. The zero-order chi connectivity index (χ0) is 14.7. The van der Waals surface area contributed by atoms with E-state index in [4.69, 9.17) is 15.2 Å². The zero-order valence-electron chi connectivity index (χ0n) is 12.0. The van der Waals surface area contributed by atoms with Crippen LogP contribution in [-0.2, 0) is 0 Å². The molecule has 5 nitrogen and oxygen atoms in total. The van der Waals surface area contributed by atoms with E-state index in [9.17, 15) is 0 Å². The molecule has 2 aromatic rings. The van der Waals surface area contributed by atoms with E-state index in [1.807, 2.05) is 30.3 Å². The molecule has 1 aliphatic rings. The summed E-state index contributed by atoms with van der Waals surface area (Å²) in [6.45, 7) is 0.690. The first-order valence-corrected chi connectivity index (χ1v) is 7.05. The van der Waals surface area contributed by atoms with Crippen molar-refractivity contribution < 1.29 is 9.47 Å². The van der Waals surface area contributed by atoms with Crippen LogP contribution in [0.4, 0.5) is 17.2 Å². The van der Waals surface area contributed by atoms with Gasteiger partial charge < -0.3 is 20.5 Å². The average Bonchev–Trinajstić information content (AvgIpc) is 3.32. The monoisotopic (exact) mass is 285 g/mol. The summed E-state index contributed by atoms with van der Waals surface area (Å²) in [4.78, 5) is 4.43. The number of hydrogen-bond acceptors (Lipinski definition) is 5. The number of pyridine rings is 1. The van der Waals surface area contributed by atoms with Crippen molar-refractivity contribution in [2.45, 2.75) is 12.8 Å². The van der Waals surface area contributed by atoms with E-state index in [0.29, 0.717) is 29.9 Å². The van der Waals surface area contributed by atoms with Crippen molar-refractivity contribution in [3.8, 4) is 11.6 Å². The molecule has 0 unspecified atom stereocenters. The van der Waals surface area contributed by atoms with Gasteiger partial charge in [-0.3, -0.25) is 0 Å². The van der Waals surface area contributed by atoms with Crippen LogP contribution in [0.2, 0.25) is 0 Å². The molecule has 1 saturated carbocycles. The number of anilines is 3. The Morgan fingerprint density at radius 2 is 2.05 bits per heavy atom. The first-order chi connectivity index (χ1) is 10.3. The summed E-state index contributed by atoms with van der Waals surface area (Å²) in [6, 6.07) is 11.3. The van der Waals surface area contributed by atoms with Crippen molar-refractivity contribution in [2.75, 3.05) is 24.8 Å². The lowest BCUT2D eigenvalue weighted by atomic mass is 10.3. The fourth-order valence-corrected chi connectivity index (χ4v) is 2.00. The van der Waals surface area contributed by atoms with Crippen LogP contribution in [0.3, 0.4) is 0 Å². The molecule has 1 aromatic carbocycles. The van der Waals surface area contributed by atoms with Crippen LogP contribution in [0.25, 0.3) is 0 Å². The molecule has 0 spiro atoms. The molecule has 0 bridgehead atoms. The lowest BCUT2D eigenvalue weighted by molar-refractivity contribution is 0.290. The fourth-order valence-electron chi connectivity index (χ4n) is 2.00. The van der Waals surface area contributed by atoms with Crippen LogP contribution in [-0.4, -0.2) is 18.7 Å². The molecule has 3 rings (SSSR count). The third-order valence-electron chi connectivity index (χ3n) is 3.41. The second-order valence-electron chi connectivity index (χ2n) is 5.17. The van der Waals surface area contributed by atoms with Gasteiger partial charge in [0.15, 0.2) is 0 Å². The summed E-state index contributed by atoms with van der Waals surface area (Å²) < 4.78 is 11.0. The number of rotatable bonds is 6. The molecule has 0 atom stereocenters. The number of methoxy groups -OCH3 is 1. The van der Waals surface area contributed by atoms with Gasteiger partial charge in [0, 0.05) is 0 Å². The molecule has 1 fully saturated rings. The van der Waals surface area contributed by atoms with Gasteiger partial charge in [0.1, 0.15) is 11.6 Å². The smallest absolute Gasteiger partial charge is 0.239 e. The highest BCUT2D eigenvalue weighted by Crippen LogP contribution is 2.32. The summed E-state index contributed by atoms with van der Waals surface area (Å²) in [5, 5.41) is 3.22. The second-order valence-corrected chi connectivity index (χ2v) is 5.17. The van der Waals surface area contributed by atoms with Gasteiger partial charge in [-0.05, 0) is 43.0 Å². The molecular weight excluding hydrogens is 266 g/mol. The van der Waals surface area contributed by atoms with E-state index in [1.54, 1.807) is 13.2 Å². The van der Waals surface area contributed by atoms with Gasteiger partial charge in [-0.2, -0.15) is 4.98 Å². The lowest BCUT2D eigenvalue weighted by Gasteiger charge is -2.12. The zero-order valence-corrected chi connectivity index (χ0v) is 12.0. The van der Waals surface area contributed by atoms with E-state index < -0.39 is 0 Å². The van der Waals surface area contributed by atoms with E-state index in [0.717, 1.165) is 11.4 Å². The molecule has 0 aliphatic heterocycles. The summed E-state index contributed by atoms with van der Waals surface area (Å²) >= 11 is 0. The van der Waals surface area contributed by atoms with Gasteiger partial charge in [0.05, 0.1) is 25.1 Å². The quantitative estimate of drug-likeness (QED) is 0.853. The van der Waals surface area contributed by atoms with Crippen LogP contribution in [0.15, 0.2) is 36.4 Å². The number of aromatic nitrogens is 1. The average molecular weight is 285 g/mol. The first-order valence-electron chi connectivity index (χ1n) is 7.05. The Labute approximate surface area is 124 Å². The third-order valence-corrected chi connectivity index (χ3v) is 3.41. The summed E-state index contributed by atoms with van der Waals surface area (Å²) in [6.07, 6.45) is 2.47. The fraction of sp³-hybridized carbons (Fsp3) is 0.312. The maximum atomic E-state index is 5.91. The van der Waals surface area contributed by atoms with E-state index in [-0.39, 0.29) is 0 Å². The Bertz CT molecular complexity index is 627. The number of nitrogens with one attached hydrogen (secondary N) is 1. The van der Waals surface area contributed by atoms with Crippen LogP contribution in [0.5, 0.6) is 11.6 Å². The minimum absolute atomic E-state index is 0.488. The number of para-hydroxylation sites is 2. The number of ether oxygens (including phenoxy) is 2. The Balaban J connectivity index is 1.76. The SMILES string of the molecule is COc1ccccc1Nc1ccc(N)c(OCC2CC2)n1. The van der Waals surface area contributed by atoms with Crippen molar-refractivity contribution in [2.24, 2.45) is 5.92 Å². The molecule has 5 heteroatoms. The predicted octanol–water partition coefficient (Wildman–Crippen LogP) is 3.20. The van der Waals surface area contributed by atoms with Crippen molar-refractivity contribution >= 4 is 17.2 Å². The molecule has 0 saturated heterocycles. The number of nitrogen functional groups attached to an aromatic ring is 1. The van der Waals surface area contributed by atoms with Crippen LogP contribution in [0.1, 0.15) is 12.8 Å². The highest BCUT2D eigenvalue weighted by atomic mass is 16.5. The van der Waals surface area contributed by atoms with Gasteiger partial charge >= 0.3 is 0 Å². The topological polar surface area (TPSA) is 69.4 Å². The molecule has 0 radical (unpaired) electrons. The minimum atomic E-state index is 0.488. The Kier molecular flexibility index (Phi) is 3.81. The Morgan fingerprint density at radius 1 is 1.24 bits per heavy atom. The highest BCUT2D eigenvalue weighted by molar-refractivity contribution is 5.65. The summed E-state index contributed by atoms with van der Waals surface area (Å²) in [5.41, 5.74) is 7.31. The highest BCUT2D eigenvalue weighted by Gasteiger charge is 2.22. The summed E-state index contributed by atoms with van der Waals surface area (Å²) in [5.74, 6) is 2.59. The van der Waals surface area contributed by atoms with Gasteiger partial charge in [-0.1, -0.05) is 12.1 Å². The molecule has 0 amide bonds. The molecular formula is C16H19N3O2. The molecule has 110 valence electrons. The van der Waals surface area contributed by atoms with Crippen molar-refractivity contribution in [3.63, 3.8) is 0 Å². The van der Waals surface area contributed by atoms with E-state index >= 15 is 0 Å². The van der Waals surface area contributed by atoms with Gasteiger partial charge in [0.25, 0.3) is 0 Å². The molecule has 1 aromatic heterocycles.